The molecule has 2 N–H and O–H groups in total. The molecule has 1 saturated carbocycles. The highest BCUT2D eigenvalue weighted by atomic mass is 19.2. The van der Waals surface area contributed by atoms with Crippen molar-refractivity contribution in [2.45, 2.75) is 31.9 Å². The van der Waals surface area contributed by atoms with Crippen LogP contribution in [0, 0.1) is 11.8 Å². The number of carbonyl (C=O) groups is 1. The van der Waals surface area contributed by atoms with Gasteiger partial charge in [-0.1, -0.05) is 6.92 Å². The lowest BCUT2D eigenvalue weighted by atomic mass is 9.78. The Morgan fingerprint density at radius 3 is 2.31 bits per heavy atom. The number of primary amides is 1. The molecule has 1 fully saturated rings. The Balaban J connectivity index is 2.76. The Labute approximate surface area is 74.3 Å². The number of nitrogens with two attached hydrogens (primary N) is 1. The van der Waals surface area contributed by atoms with Crippen LogP contribution >= 0.6 is 0 Å². The van der Waals surface area contributed by atoms with Crippen LogP contribution in [-0.2, 0) is 4.79 Å². The van der Waals surface area contributed by atoms with Crippen molar-refractivity contribution in [2.24, 2.45) is 17.6 Å². The lowest BCUT2D eigenvalue weighted by Crippen LogP contribution is -2.47. The third kappa shape index (κ3) is 1.78. The van der Waals surface area contributed by atoms with Crippen molar-refractivity contribution in [1.29, 1.82) is 0 Å². The first-order chi connectivity index (χ1) is 5.95. The molecule has 13 heavy (non-hydrogen) atoms. The molecule has 5 unspecified atom stereocenters. The van der Waals surface area contributed by atoms with E-state index in [-0.39, 0.29) is 6.42 Å². The minimum absolute atomic E-state index is 0.307. The van der Waals surface area contributed by atoms with Crippen LogP contribution in [0.1, 0.15) is 13.3 Å². The topological polar surface area (TPSA) is 43.1 Å². The monoisotopic (exact) mass is 195 g/mol. The SMILES string of the molecule is CC1C(F)CC(C(N)=O)C(F)C1F. The second kappa shape index (κ2) is 3.55. The van der Waals surface area contributed by atoms with Gasteiger partial charge in [-0.2, -0.15) is 0 Å². The second-order valence-electron chi connectivity index (χ2n) is 3.51. The highest BCUT2D eigenvalue weighted by Crippen LogP contribution is 2.35. The molecule has 1 rings (SSSR count). The minimum atomic E-state index is -1.96. The van der Waals surface area contributed by atoms with Gasteiger partial charge in [0.05, 0.1) is 5.92 Å². The molecule has 76 valence electrons. The predicted octanol–water partition coefficient (Wildman–Crippen LogP) is 1.14. The van der Waals surface area contributed by atoms with Gasteiger partial charge in [-0.05, 0) is 6.42 Å². The fourth-order valence-electron chi connectivity index (χ4n) is 1.57. The van der Waals surface area contributed by atoms with Gasteiger partial charge in [-0.15, -0.1) is 0 Å². The number of amides is 1. The Morgan fingerprint density at radius 1 is 1.31 bits per heavy atom. The van der Waals surface area contributed by atoms with Crippen LogP contribution in [0.2, 0.25) is 0 Å². The molecule has 0 radical (unpaired) electrons. The molecule has 0 bridgehead atoms. The van der Waals surface area contributed by atoms with Crippen LogP contribution < -0.4 is 5.73 Å². The maximum absolute atomic E-state index is 13.1. The summed E-state index contributed by atoms with van der Waals surface area (Å²) in [5, 5.41) is 0. The summed E-state index contributed by atoms with van der Waals surface area (Å²) in [6, 6.07) is 0. The molecule has 0 aromatic heterocycles. The van der Waals surface area contributed by atoms with E-state index in [4.69, 9.17) is 5.73 Å². The molecule has 1 aliphatic rings. The first-order valence-electron chi connectivity index (χ1n) is 4.16. The van der Waals surface area contributed by atoms with Crippen molar-refractivity contribution < 1.29 is 18.0 Å². The van der Waals surface area contributed by atoms with E-state index < -0.39 is 36.3 Å². The summed E-state index contributed by atoms with van der Waals surface area (Å²) in [5.74, 6) is -3.28. The Kier molecular flexibility index (Phi) is 2.83. The zero-order chi connectivity index (χ0) is 10.2. The molecule has 0 aliphatic heterocycles. The summed E-state index contributed by atoms with van der Waals surface area (Å²) in [7, 11) is 0. The molecule has 0 spiro atoms. The van der Waals surface area contributed by atoms with E-state index in [0.717, 1.165) is 0 Å². The molecule has 5 heteroatoms. The number of alkyl halides is 3. The van der Waals surface area contributed by atoms with Crippen LogP contribution in [0.25, 0.3) is 0 Å². The Bertz CT molecular complexity index is 212. The minimum Gasteiger partial charge on any atom is -0.369 e. The van der Waals surface area contributed by atoms with E-state index in [9.17, 15) is 18.0 Å². The Hall–Kier alpha value is -0.740. The maximum Gasteiger partial charge on any atom is 0.223 e. The average Bonchev–Trinajstić information content (AvgIpc) is 2.07. The number of hydrogen-bond donors (Lipinski definition) is 1. The molecule has 0 aromatic carbocycles. The molecule has 1 aliphatic carbocycles. The lowest BCUT2D eigenvalue weighted by Gasteiger charge is -2.33. The van der Waals surface area contributed by atoms with Gasteiger partial charge < -0.3 is 5.73 Å². The first-order valence-corrected chi connectivity index (χ1v) is 4.16. The molecule has 0 saturated heterocycles. The normalized spacial score (nSPS) is 46.0. The summed E-state index contributed by atoms with van der Waals surface area (Å²) < 4.78 is 39.1. The van der Waals surface area contributed by atoms with Gasteiger partial charge in [-0.3, -0.25) is 4.79 Å². The van der Waals surface area contributed by atoms with E-state index in [0.29, 0.717) is 0 Å². The van der Waals surface area contributed by atoms with Gasteiger partial charge in [0.1, 0.15) is 18.5 Å². The number of halogens is 3. The quantitative estimate of drug-likeness (QED) is 0.669. The fourth-order valence-corrected chi connectivity index (χ4v) is 1.57. The van der Waals surface area contributed by atoms with Crippen LogP contribution in [0.5, 0.6) is 0 Å². The first kappa shape index (κ1) is 10.3. The van der Waals surface area contributed by atoms with Crippen molar-refractivity contribution in [3.05, 3.63) is 0 Å². The largest absolute Gasteiger partial charge is 0.369 e. The zero-order valence-corrected chi connectivity index (χ0v) is 7.21. The predicted molar refractivity (Wildman–Crippen MR) is 41.2 cm³/mol. The van der Waals surface area contributed by atoms with Crippen LogP contribution in [0.4, 0.5) is 13.2 Å². The van der Waals surface area contributed by atoms with E-state index in [1.807, 2.05) is 0 Å². The van der Waals surface area contributed by atoms with Crippen LogP contribution in [0.3, 0.4) is 0 Å². The van der Waals surface area contributed by atoms with E-state index in [2.05, 4.69) is 0 Å². The van der Waals surface area contributed by atoms with Gasteiger partial charge in [-0.25, -0.2) is 13.2 Å². The summed E-state index contributed by atoms with van der Waals surface area (Å²) in [4.78, 5) is 10.6. The van der Waals surface area contributed by atoms with Crippen molar-refractivity contribution in [1.82, 2.24) is 0 Å². The van der Waals surface area contributed by atoms with E-state index >= 15 is 0 Å². The van der Waals surface area contributed by atoms with Gasteiger partial charge in [0.15, 0.2) is 0 Å². The molecular weight excluding hydrogens is 183 g/mol. The molecular formula is C8H12F3NO. The highest BCUT2D eigenvalue weighted by molar-refractivity contribution is 5.77. The van der Waals surface area contributed by atoms with E-state index in [1.54, 1.807) is 0 Å². The van der Waals surface area contributed by atoms with E-state index in [1.165, 1.54) is 6.92 Å². The van der Waals surface area contributed by atoms with Crippen molar-refractivity contribution in [3.8, 4) is 0 Å². The molecule has 0 heterocycles. The fraction of sp³-hybridized carbons (Fsp3) is 0.875. The summed E-state index contributed by atoms with van der Waals surface area (Å²) in [5.41, 5.74) is 4.82. The molecule has 1 amide bonds. The van der Waals surface area contributed by atoms with Gasteiger partial charge >= 0.3 is 0 Å². The molecule has 5 atom stereocenters. The summed E-state index contributed by atoms with van der Waals surface area (Å²) in [6.07, 6.45) is -5.68. The smallest absolute Gasteiger partial charge is 0.223 e. The summed E-state index contributed by atoms with van der Waals surface area (Å²) >= 11 is 0. The zero-order valence-electron chi connectivity index (χ0n) is 7.21. The van der Waals surface area contributed by atoms with Crippen molar-refractivity contribution in [3.63, 3.8) is 0 Å². The summed E-state index contributed by atoms with van der Waals surface area (Å²) in [6.45, 7) is 1.29. The second-order valence-corrected chi connectivity index (χ2v) is 3.51. The van der Waals surface area contributed by atoms with Gasteiger partial charge in [0.2, 0.25) is 5.91 Å². The number of rotatable bonds is 1. The highest BCUT2D eigenvalue weighted by Gasteiger charge is 2.46. The standard InChI is InChI=1S/C8H12F3NO/c1-3-5(9)2-4(8(12)13)7(11)6(3)10/h3-7H,2H2,1H3,(H2,12,13). The third-order valence-corrected chi connectivity index (χ3v) is 2.61. The molecule has 2 nitrogen and oxygen atoms in total. The van der Waals surface area contributed by atoms with Gasteiger partial charge in [0, 0.05) is 5.92 Å². The Morgan fingerprint density at radius 2 is 1.85 bits per heavy atom. The molecule has 0 aromatic rings. The van der Waals surface area contributed by atoms with Crippen molar-refractivity contribution >= 4 is 5.91 Å². The van der Waals surface area contributed by atoms with Crippen LogP contribution in [-0.4, -0.2) is 24.4 Å². The van der Waals surface area contributed by atoms with Gasteiger partial charge in [0.25, 0.3) is 0 Å². The van der Waals surface area contributed by atoms with Crippen molar-refractivity contribution in [2.75, 3.05) is 0 Å². The number of hydrogen-bond acceptors (Lipinski definition) is 1. The van der Waals surface area contributed by atoms with Crippen LogP contribution in [0.15, 0.2) is 0 Å². The maximum atomic E-state index is 13.1. The third-order valence-electron chi connectivity index (χ3n) is 2.61. The number of carbonyl (C=O) groups excluding carboxylic acids is 1. The average molecular weight is 195 g/mol. The lowest BCUT2D eigenvalue weighted by molar-refractivity contribution is -0.130.